The van der Waals surface area contributed by atoms with Crippen molar-refractivity contribution in [2.24, 2.45) is 0 Å². The molecule has 1 N–H and O–H groups in total. The zero-order valence-electron chi connectivity index (χ0n) is 13.3. The Morgan fingerprint density at radius 1 is 1.26 bits per heavy atom. The summed E-state index contributed by atoms with van der Waals surface area (Å²) in [5.41, 5.74) is 2.55. The Balaban J connectivity index is 1.82. The van der Waals surface area contributed by atoms with E-state index in [2.05, 4.69) is 15.3 Å². The van der Waals surface area contributed by atoms with E-state index in [4.69, 9.17) is 0 Å². The standard InChI is InChI=1S/C17H18N4OS/c1-11-8-15(12(2)21(11)16-6-4-5-7-18-16)17(22)20-10-14-9-19-13(3)23-14/h4-9H,10H2,1-3H3,(H,20,22). The van der Waals surface area contributed by atoms with Crippen molar-refractivity contribution >= 4 is 17.2 Å². The van der Waals surface area contributed by atoms with Gasteiger partial charge in [0.1, 0.15) is 5.82 Å². The van der Waals surface area contributed by atoms with Gasteiger partial charge in [0.2, 0.25) is 0 Å². The van der Waals surface area contributed by atoms with Gasteiger partial charge < -0.3 is 9.88 Å². The van der Waals surface area contributed by atoms with Crippen LogP contribution in [0.2, 0.25) is 0 Å². The van der Waals surface area contributed by atoms with Crippen molar-refractivity contribution in [1.82, 2.24) is 19.9 Å². The van der Waals surface area contributed by atoms with Crippen molar-refractivity contribution in [3.63, 3.8) is 0 Å². The second-order valence-electron chi connectivity index (χ2n) is 5.34. The topological polar surface area (TPSA) is 59.8 Å². The molecule has 0 fully saturated rings. The van der Waals surface area contributed by atoms with Crippen molar-refractivity contribution in [2.45, 2.75) is 27.3 Å². The monoisotopic (exact) mass is 326 g/mol. The van der Waals surface area contributed by atoms with E-state index >= 15 is 0 Å². The molecule has 3 rings (SSSR count). The predicted octanol–water partition coefficient (Wildman–Crippen LogP) is 3.18. The van der Waals surface area contributed by atoms with Crippen LogP contribution in [0.25, 0.3) is 5.82 Å². The molecule has 0 spiro atoms. The number of aryl methyl sites for hydroxylation is 2. The average molecular weight is 326 g/mol. The molecule has 3 aromatic rings. The van der Waals surface area contributed by atoms with E-state index in [1.54, 1.807) is 23.7 Å². The van der Waals surface area contributed by atoms with Gasteiger partial charge >= 0.3 is 0 Å². The van der Waals surface area contributed by atoms with Gasteiger partial charge in [-0.2, -0.15) is 0 Å². The minimum atomic E-state index is -0.0775. The highest BCUT2D eigenvalue weighted by atomic mass is 32.1. The Morgan fingerprint density at radius 2 is 2.09 bits per heavy atom. The summed E-state index contributed by atoms with van der Waals surface area (Å²) in [5.74, 6) is 0.742. The van der Waals surface area contributed by atoms with Gasteiger partial charge in [-0.1, -0.05) is 6.07 Å². The first-order chi connectivity index (χ1) is 11.1. The fourth-order valence-corrected chi connectivity index (χ4v) is 3.32. The van der Waals surface area contributed by atoms with Crippen LogP contribution in [0.15, 0.2) is 36.7 Å². The molecular formula is C17H18N4OS. The summed E-state index contributed by atoms with van der Waals surface area (Å²) in [7, 11) is 0. The normalized spacial score (nSPS) is 10.7. The molecule has 0 radical (unpaired) electrons. The van der Waals surface area contributed by atoms with Gasteiger partial charge in [-0.3, -0.25) is 4.79 Å². The highest BCUT2D eigenvalue weighted by molar-refractivity contribution is 7.11. The molecule has 1 amide bonds. The molecule has 118 valence electrons. The molecule has 0 saturated carbocycles. The van der Waals surface area contributed by atoms with E-state index in [0.717, 1.165) is 27.1 Å². The maximum atomic E-state index is 12.5. The third-order valence-corrected chi connectivity index (χ3v) is 4.56. The van der Waals surface area contributed by atoms with Crippen LogP contribution >= 0.6 is 11.3 Å². The Hall–Kier alpha value is -2.47. The smallest absolute Gasteiger partial charge is 0.253 e. The number of carbonyl (C=O) groups is 1. The fraction of sp³-hybridized carbons (Fsp3) is 0.235. The van der Waals surface area contributed by atoms with E-state index in [9.17, 15) is 4.79 Å². The number of nitrogens with zero attached hydrogens (tertiary/aromatic N) is 3. The van der Waals surface area contributed by atoms with Gasteiger partial charge in [0.15, 0.2) is 0 Å². The third kappa shape index (κ3) is 3.17. The summed E-state index contributed by atoms with van der Waals surface area (Å²) in [5, 5.41) is 3.96. The number of thiazole rings is 1. The second-order valence-corrected chi connectivity index (χ2v) is 6.66. The SMILES string of the molecule is Cc1ncc(CNC(=O)c2cc(C)n(-c3ccccn3)c2C)s1. The molecule has 0 atom stereocenters. The summed E-state index contributed by atoms with van der Waals surface area (Å²) in [6.45, 7) is 6.37. The molecule has 0 saturated heterocycles. The van der Waals surface area contributed by atoms with Gasteiger partial charge in [0, 0.05) is 28.7 Å². The summed E-state index contributed by atoms with van der Waals surface area (Å²) in [6, 6.07) is 7.65. The van der Waals surface area contributed by atoms with Crippen LogP contribution in [-0.2, 0) is 6.54 Å². The van der Waals surface area contributed by atoms with Crippen molar-refractivity contribution < 1.29 is 4.79 Å². The molecule has 0 bridgehead atoms. The van der Waals surface area contributed by atoms with Crippen molar-refractivity contribution in [2.75, 3.05) is 0 Å². The van der Waals surface area contributed by atoms with Crippen LogP contribution < -0.4 is 5.32 Å². The summed E-state index contributed by atoms with van der Waals surface area (Å²) in [4.78, 5) is 22.1. The quantitative estimate of drug-likeness (QED) is 0.801. The number of carbonyl (C=O) groups excluding carboxylic acids is 1. The minimum Gasteiger partial charge on any atom is -0.347 e. The van der Waals surface area contributed by atoms with E-state index in [1.165, 1.54) is 0 Å². The lowest BCUT2D eigenvalue weighted by molar-refractivity contribution is 0.0950. The first kappa shape index (κ1) is 15.4. The highest BCUT2D eigenvalue weighted by Gasteiger charge is 2.17. The number of nitrogens with one attached hydrogen (secondary N) is 1. The molecule has 3 aromatic heterocycles. The predicted molar refractivity (Wildman–Crippen MR) is 91.1 cm³/mol. The minimum absolute atomic E-state index is 0.0775. The molecule has 3 heterocycles. The zero-order chi connectivity index (χ0) is 16.4. The molecule has 0 aliphatic carbocycles. The van der Waals surface area contributed by atoms with Crippen LogP contribution in [0.5, 0.6) is 0 Å². The lowest BCUT2D eigenvalue weighted by Crippen LogP contribution is -2.22. The summed E-state index contributed by atoms with van der Waals surface area (Å²) < 4.78 is 1.99. The number of hydrogen-bond donors (Lipinski definition) is 1. The summed E-state index contributed by atoms with van der Waals surface area (Å²) >= 11 is 1.59. The van der Waals surface area contributed by atoms with Crippen molar-refractivity contribution in [3.8, 4) is 5.82 Å². The first-order valence-corrected chi connectivity index (χ1v) is 8.18. The van der Waals surface area contributed by atoms with E-state index < -0.39 is 0 Å². The van der Waals surface area contributed by atoms with Gasteiger partial charge in [0.25, 0.3) is 5.91 Å². The van der Waals surface area contributed by atoms with Gasteiger partial charge in [-0.25, -0.2) is 9.97 Å². The van der Waals surface area contributed by atoms with Crippen LogP contribution in [-0.4, -0.2) is 20.4 Å². The number of aromatic nitrogens is 3. The van der Waals surface area contributed by atoms with Crippen molar-refractivity contribution in [3.05, 3.63) is 63.5 Å². The van der Waals surface area contributed by atoms with Crippen molar-refractivity contribution in [1.29, 1.82) is 0 Å². The number of hydrogen-bond acceptors (Lipinski definition) is 4. The molecule has 0 aliphatic heterocycles. The van der Waals surface area contributed by atoms with Crippen LogP contribution in [0, 0.1) is 20.8 Å². The Kier molecular flexibility index (Phi) is 4.25. The maximum Gasteiger partial charge on any atom is 0.253 e. The Bertz CT molecular complexity index is 836. The Morgan fingerprint density at radius 3 is 2.74 bits per heavy atom. The summed E-state index contributed by atoms with van der Waals surface area (Å²) in [6.07, 6.45) is 3.55. The molecule has 23 heavy (non-hydrogen) atoms. The van der Waals surface area contributed by atoms with Crippen LogP contribution in [0.1, 0.15) is 31.6 Å². The Labute approximate surface area is 139 Å². The van der Waals surface area contributed by atoms with Crippen LogP contribution in [0.3, 0.4) is 0 Å². The highest BCUT2D eigenvalue weighted by Crippen LogP contribution is 2.19. The first-order valence-electron chi connectivity index (χ1n) is 7.36. The molecule has 0 aliphatic rings. The van der Waals surface area contributed by atoms with Gasteiger partial charge in [0.05, 0.1) is 17.1 Å². The maximum absolute atomic E-state index is 12.5. The fourth-order valence-electron chi connectivity index (χ4n) is 2.58. The van der Waals surface area contributed by atoms with Gasteiger partial charge in [-0.15, -0.1) is 11.3 Å². The van der Waals surface area contributed by atoms with Gasteiger partial charge in [-0.05, 0) is 39.0 Å². The molecule has 5 nitrogen and oxygen atoms in total. The molecular weight excluding hydrogens is 308 g/mol. The zero-order valence-corrected chi connectivity index (χ0v) is 14.1. The average Bonchev–Trinajstić information content (AvgIpc) is 3.09. The number of amides is 1. The lowest BCUT2D eigenvalue weighted by atomic mass is 10.2. The largest absolute Gasteiger partial charge is 0.347 e. The van der Waals surface area contributed by atoms with E-state index in [1.807, 2.05) is 49.6 Å². The second kappa shape index (κ2) is 6.34. The van der Waals surface area contributed by atoms with E-state index in [-0.39, 0.29) is 5.91 Å². The molecule has 6 heteroatoms. The van der Waals surface area contributed by atoms with E-state index in [0.29, 0.717) is 12.1 Å². The molecule has 0 aromatic carbocycles. The molecule has 0 unspecified atom stereocenters. The third-order valence-electron chi connectivity index (χ3n) is 3.65. The van der Waals surface area contributed by atoms with Crippen LogP contribution in [0.4, 0.5) is 0 Å². The number of pyridine rings is 1. The number of rotatable bonds is 4. The lowest BCUT2D eigenvalue weighted by Gasteiger charge is -2.08.